The van der Waals surface area contributed by atoms with Crippen LogP contribution in [-0.2, 0) is 11.3 Å². The third-order valence-corrected chi connectivity index (χ3v) is 7.64. The second-order valence-electron chi connectivity index (χ2n) is 10.1. The monoisotopic (exact) mass is 533 g/mol. The van der Waals surface area contributed by atoms with Crippen LogP contribution in [0.1, 0.15) is 24.0 Å². The van der Waals surface area contributed by atoms with Crippen molar-refractivity contribution in [3.05, 3.63) is 102 Å². The number of nitrogens with zero attached hydrogens (tertiary/aromatic N) is 4. The van der Waals surface area contributed by atoms with Gasteiger partial charge in [-0.25, -0.2) is 0 Å². The Labute approximate surface area is 235 Å². The van der Waals surface area contributed by atoms with Crippen molar-refractivity contribution >= 4 is 23.6 Å². The molecule has 0 unspecified atom stereocenters. The number of likely N-dealkylation sites (tertiary alicyclic amines) is 1. The number of carbonyl (C=O) groups is 1. The van der Waals surface area contributed by atoms with Crippen molar-refractivity contribution in [1.29, 1.82) is 0 Å². The molecule has 0 aliphatic carbocycles. The Bertz CT molecular complexity index is 1460. The molecule has 1 aromatic heterocycles. The standard InChI is InChI=1S/C32H35N7O/c1-38(30-10-6-5-9-29(30)36-22-40)27-15-17-39(18-16-27)21-23-11-13-25(14-12-23)31-28(24-7-3-2-4-8-24)19-26(20-35-31)32(33)37-34/h2-14,19-20,22,27H,15-18,21,34H2,1H3,(H2,33,37)(H,36,40). The van der Waals surface area contributed by atoms with Crippen LogP contribution in [0.4, 0.5) is 11.4 Å². The molecule has 204 valence electrons. The number of piperidine rings is 1. The quantitative estimate of drug-likeness (QED) is 0.0948. The number of amides is 1. The van der Waals surface area contributed by atoms with Gasteiger partial charge in [0.2, 0.25) is 6.41 Å². The molecule has 0 atom stereocenters. The molecule has 0 radical (unpaired) electrons. The van der Waals surface area contributed by atoms with Crippen molar-refractivity contribution in [1.82, 2.24) is 9.88 Å². The fraction of sp³-hybridized carbons (Fsp3) is 0.219. The first kappa shape index (κ1) is 26.9. The summed E-state index contributed by atoms with van der Waals surface area (Å²) in [4.78, 5) is 20.6. The molecule has 2 heterocycles. The van der Waals surface area contributed by atoms with E-state index in [-0.39, 0.29) is 5.84 Å². The van der Waals surface area contributed by atoms with E-state index in [9.17, 15) is 4.79 Å². The summed E-state index contributed by atoms with van der Waals surface area (Å²) >= 11 is 0. The fourth-order valence-electron chi connectivity index (χ4n) is 5.40. The van der Waals surface area contributed by atoms with Crippen LogP contribution >= 0.6 is 0 Å². The third kappa shape index (κ3) is 5.97. The minimum atomic E-state index is 0.253. The zero-order chi connectivity index (χ0) is 27.9. The molecule has 5 N–H and O–H groups in total. The number of para-hydroxylation sites is 2. The number of nitrogens with two attached hydrogens (primary N) is 2. The average Bonchev–Trinajstić information content (AvgIpc) is 3.02. The van der Waals surface area contributed by atoms with E-state index >= 15 is 0 Å². The van der Waals surface area contributed by atoms with Crippen LogP contribution in [0.25, 0.3) is 22.4 Å². The molecule has 0 saturated carbocycles. The number of hydrazone groups is 1. The number of pyridine rings is 1. The van der Waals surface area contributed by atoms with Crippen LogP contribution in [0.15, 0.2) is 96.2 Å². The zero-order valence-electron chi connectivity index (χ0n) is 22.7. The van der Waals surface area contributed by atoms with E-state index in [0.717, 1.165) is 72.6 Å². The SMILES string of the molecule is CN(c1ccccc1NC=O)C1CCN(Cc2ccc(-c3ncc(/C(N)=N/N)cc3-c3ccccc3)cc2)CC1. The van der Waals surface area contributed by atoms with Gasteiger partial charge in [0.25, 0.3) is 0 Å². The number of amidine groups is 1. The first-order valence-corrected chi connectivity index (χ1v) is 13.5. The Hall–Kier alpha value is -4.69. The summed E-state index contributed by atoms with van der Waals surface area (Å²) in [6.07, 6.45) is 4.59. The summed E-state index contributed by atoms with van der Waals surface area (Å²) < 4.78 is 0. The van der Waals surface area contributed by atoms with Gasteiger partial charge in [-0.15, -0.1) is 0 Å². The molecule has 8 heteroatoms. The van der Waals surface area contributed by atoms with Crippen molar-refractivity contribution < 1.29 is 4.79 Å². The predicted octanol–water partition coefficient (Wildman–Crippen LogP) is 4.66. The lowest BCUT2D eigenvalue weighted by atomic mass is 9.97. The molecule has 0 bridgehead atoms. The Kier molecular flexibility index (Phi) is 8.37. The van der Waals surface area contributed by atoms with E-state index in [4.69, 9.17) is 16.6 Å². The van der Waals surface area contributed by atoms with Crippen molar-refractivity contribution in [2.45, 2.75) is 25.4 Å². The van der Waals surface area contributed by atoms with E-state index in [1.807, 2.05) is 42.5 Å². The van der Waals surface area contributed by atoms with E-state index in [1.54, 1.807) is 6.20 Å². The molecule has 5 rings (SSSR count). The van der Waals surface area contributed by atoms with Crippen LogP contribution in [0.5, 0.6) is 0 Å². The van der Waals surface area contributed by atoms with Gasteiger partial charge in [0.1, 0.15) is 0 Å². The second kappa shape index (κ2) is 12.4. The number of anilines is 2. The number of aromatic nitrogens is 1. The van der Waals surface area contributed by atoms with Gasteiger partial charge in [-0.1, -0.05) is 66.7 Å². The molecule has 3 aromatic carbocycles. The minimum Gasteiger partial charge on any atom is -0.382 e. The second-order valence-corrected chi connectivity index (χ2v) is 10.1. The first-order chi connectivity index (χ1) is 19.6. The van der Waals surface area contributed by atoms with Gasteiger partial charge in [0.05, 0.1) is 17.1 Å². The van der Waals surface area contributed by atoms with E-state index in [1.165, 1.54) is 5.56 Å². The number of benzene rings is 3. The number of carbonyl (C=O) groups excluding carboxylic acids is 1. The lowest BCUT2D eigenvalue weighted by molar-refractivity contribution is -0.105. The van der Waals surface area contributed by atoms with Crippen LogP contribution in [-0.4, -0.2) is 48.3 Å². The van der Waals surface area contributed by atoms with Crippen LogP contribution in [0.2, 0.25) is 0 Å². The number of nitrogens with one attached hydrogen (secondary N) is 1. The Morgan fingerprint density at radius 2 is 1.73 bits per heavy atom. The molecule has 1 aliphatic heterocycles. The summed E-state index contributed by atoms with van der Waals surface area (Å²) in [5.41, 5.74) is 13.8. The summed E-state index contributed by atoms with van der Waals surface area (Å²) in [7, 11) is 2.12. The van der Waals surface area contributed by atoms with Crippen molar-refractivity contribution in [2.24, 2.45) is 16.7 Å². The highest BCUT2D eigenvalue weighted by atomic mass is 16.1. The molecule has 1 saturated heterocycles. The zero-order valence-corrected chi connectivity index (χ0v) is 22.7. The molecule has 1 aliphatic rings. The maximum atomic E-state index is 11.0. The Morgan fingerprint density at radius 1 is 1.02 bits per heavy atom. The van der Waals surface area contributed by atoms with Crippen LogP contribution in [0, 0.1) is 0 Å². The van der Waals surface area contributed by atoms with Gasteiger partial charge in [-0.2, -0.15) is 5.10 Å². The summed E-state index contributed by atoms with van der Waals surface area (Å²) in [5, 5.41) is 6.46. The first-order valence-electron chi connectivity index (χ1n) is 13.5. The van der Waals surface area contributed by atoms with Crippen molar-refractivity contribution in [3.8, 4) is 22.4 Å². The lowest BCUT2D eigenvalue weighted by Crippen LogP contribution is -2.43. The van der Waals surface area contributed by atoms with Gasteiger partial charge < -0.3 is 21.8 Å². The highest BCUT2D eigenvalue weighted by Crippen LogP contribution is 2.32. The fourth-order valence-corrected chi connectivity index (χ4v) is 5.40. The Morgan fingerprint density at radius 3 is 2.42 bits per heavy atom. The summed E-state index contributed by atoms with van der Waals surface area (Å²) in [6, 6.07) is 29.2. The van der Waals surface area contributed by atoms with Crippen LogP contribution < -0.4 is 21.8 Å². The smallest absolute Gasteiger partial charge is 0.211 e. The van der Waals surface area contributed by atoms with E-state index in [2.05, 4.69) is 69.7 Å². The van der Waals surface area contributed by atoms with E-state index < -0.39 is 0 Å². The predicted molar refractivity (Wildman–Crippen MR) is 163 cm³/mol. The van der Waals surface area contributed by atoms with Gasteiger partial charge in [-0.05, 0) is 42.2 Å². The molecule has 40 heavy (non-hydrogen) atoms. The average molecular weight is 534 g/mol. The Balaban J connectivity index is 1.26. The maximum absolute atomic E-state index is 11.0. The topological polar surface area (TPSA) is 113 Å². The molecule has 1 amide bonds. The van der Waals surface area contributed by atoms with E-state index in [0.29, 0.717) is 11.6 Å². The van der Waals surface area contributed by atoms with Crippen LogP contribution in [0.3, 0.4) is 0 Å². The molecule has 4 aromatic rings. The molecular weight excluding hydrogens is 498 g/mol. The number of rotatable bonds is 9. The lowest BCUT2D eigenvalue weighted by Gasteiger charge is -2.38. The highest BCUT2D eigenvalue weighted by Gasteiger charge is 2.24. The van der Waals surface area contributed by atoms with Crippen molar-refractivity contribution in [3.63, 3.8) is 0 Å². The van der Waals surface area contributed by atoms with Crippen molar-refractivity contribution in [2.75, 3.05) is 30.4 Å². The molecule has 8 nitrogen and oxygen atoms in total. The van der Waals surface area contributed by atoms with Gasteiger partial charge in [0.15, 0.2) is 5.84 Å². The summed E-state index contributed by atoms with van der Waals surface area (Å²) in [6.45, 7) is 2.94. The molecule has 0 spiro atoms. The number of hydrogen-bond donors (Lipinski definition) is 3. The highest BCUT2D eigenvalue weighted by molar-refractivity contribution is 5.99. The van der Waals surface area contributed by atoms with Gasteiger partial charge in [0, 0.05) is 55.6 Å². The summed E-state index contributed by atoms with van der Waals surface area (Å²) in [5.74, 6) is 5.67. The van der Waals surface area contributed by atoms with Gasteiger partial charge in [-0.3, -0.25) is 14.7 Å². The normalized spacial score (nSPS) is 14.6. The largest absolute Gasteiger partial charge is 0.382 e. The van der Waals surface area contributed by atoms with Gasteiger partial charge >= 0.3 is 0 Å². The molecule has 1 fully saturated rings. The third-order valence-electron chi connectivity index (χ3n) is 7.64. The maximum Gasteiger partial charge on any atom is 0.211 e. The minimum absolute atomic E-state index is 0.253. The molecular formula is C32H35N7O. The number of hydrogen-bond acceptors (Lipinski definition) is 6.